The fraction of sp³-hybridized carbons (Fsp3) is 0.118. The van der Waals surface area contributed by atoms with Crippen LogP contribution in [0, 0.1) is 21.4 Å². The van der Waals surface area contributed by atoms with E-state index in [-0.39, 0.29) is 10.6 Å². The lowest BCUT2D eigenvalue weighted by atomic mass is 10.1. The molecule has 1 aliphatic heterocycles. The molecule has 0 bridgehead atoms. The summed E-state index contributed by atoms with van der Waals surface area (Å²) in [5.41, 5.74) is 3.53. The second-order valence-corrected chi connectivity index (χ2v) is 7.14. The third-order valence-corrected chi connectivity index (χ3v) is 4.92. The number of nitrogens with zero attached hydrogens (tertiary/aromatic N) is 2. The van der Waals surface area contributed by atoms with Crippen LogP contribution in [0.15, 0.2) is 45.5 Å². The highest BCUT2D eigenvalue weighted by Crippen LogP contribution is 2.35. The normalized spacial score (nSPS) is 11.9. The maximum Gasteiger partial charge on any atom is 0.293 e. The number of nitrogens with one attached hydrogen (secondary N) is 2. The van der Waals surface area contributed by atoms with Crippen molar-refractivity contribution in [3.63, 3.8) is 0 Å². The van der Waals surface area contributed by atoms with E-state index < -0.39 is 0 Å². The Morgan fingerprint density at radius 2 is 2.08 bits per heavy atom. The fourth-order valence-corrected chi connectivity index (χ4v) is 3.79. The molecule has 0 atom stereocenters. The van der Waals surface area contributed by atoms with Crippen molar-refractivity contribution in [2.75, 3.05) is 11.9 Å². The molecular formula is C17H12Br2N4O2. The van der Waals surface area contributed by atoms with Gasteiger partial charge in [-0.05, 0) is 46.1 Å². The highest BCUT2D eigenvalue weighted by Gasteiger charge is 2.22. The zero-order chi connectivity index (χ0) is 18.0. The molecule has 2 N–H and O–H groups in total. The van der Waals surface area contributed by atoms with E-state index in [9.17, 15) is 10.1 Å². The first kappa shape index (κ1) is 17.5. The third kappa shape index (κ3) is 3.52. The molecule has 0 saturated carbocycles. The Bertz CT molecular complexity index is 1010. The van der Waals surface area contributed by atoms with Crippen LogP contribution in [0.2, 0.25) is 0 Å². The molecule has 8 heteroatoms. The van der Waals surface area contributed by atoms with E-state index in [1.807, 2.05) is 24.4 Å². The molecule has 0 unspecified atom stereocenters. The van der Waals surface area contributed by atoms with Crippen molar-refractivity contribution >= 4 is 54.1 Å². The summed E-state index contributed by atoms with van der Waals surface area (Å²) >= 11 is 6.63. The van der Waals surface area contributed by atoms with Crippen molar-refractivity contribution in [3.8, 4) is 6.07 Å². The highest BCUT2D eigenvalue weighted by molar-refractivity contribution is 9.11. The second kappa shape index (κ2) is 7.25. The summed E-state index contributed by atoms with van der Waals surface area (Å²) in [7, 11) is 0. The third-order valence-electron chi connectivity index (χ3n) is 3.83. The van der Waals surface area contributed by atoms with Crippen molar-refractivity contribution in [1.29, 1.82) is 5.26 Å². The molecule has 126 valence electrons. The Kier molecular flexibility index (Phi) is 5.06. The van der Waals surface area contributed by atoms with Crippen LogP contribution in [0.5, 0.6) is 0 Å². The van der Waals surface area contributed by atoms with Crippen LogP contribution in [0.3, 0.4) is 0 Å². The van der Waals surface area contributed by atoms with Crippen LogP contribution in [-0.4, -0.2) is 16.5 Å². The molecule has 25 heavy (non-hydrogen) atoms. The molecule has 0 aliphatic carbocycles. The SMILES string of the molecule is N#Cc1cccc2[nH]cc(Br)c12.O=[N+]([O-])c1cc(Br)cc2c1NCC2. The van der Waals surface area contributed by atoms with Gasteiger partial charge in [-0.2, -0.15) is 5.26 Å². The van der Waals surface area contributed by atoms with Gasteiger partial charge in [-0.1, -0.05) is 22.0 Å². The molecule has 0 saturated heterocycles. The first-order valence-corrected chi connectivity index (χ1v) is 8.96. The first-order chi connectivity index (χ1) is 12.0. The van der Waals surface area contributed by atoms with E-state index in [1.165, 1.54) is 6.07 Å². The number of aromatic nitrogens is 1. The van der Waals surface area contributed by atoms with Crippen molar-refractivity contribution in [3.05, 3.63) is 66.7 Å². The van der Waals surface area contributed by atoms with E-state index in [0.29, 0.717) is 11.3 Å². The van der Waals surface area contributed by atoms with Gasteiger partial charge in [0.15, 0.2) is 0 Å². The van der Waals surface area contributed by atoms with Gasteiger partial charge in [-0.3, -0.25) is 10.1 Å². The van der Waals surface area contributed by atoms with Crippen molar-refractivity contribution in [1.82, 2.24) is 4.98 Å². The maximum absolute atomic E-state index is 10.7. The number of benzene rings is 2. The molecule has 3 aromatic rings. The molecule has 1 aliphatic rings. The van der Waals surface area contributed by atoms with Crippen LogP contribution in [-0.2, 0) is 6.42 Å². The van der Waals surface area contributed by atoms with Gasteiger partial charge in [0.1, 0.15) is 5.69 Å². The average molecular weight is 464 g/mol. The number of hydrogen-bond acceptors (Lipinski definition) is 4. The summed E-state index contributed by atoms with van der Waals surface area (Å²) in [5, 5.41) is 23.4. The Morgan fingerprint density at radius 3 is 2.80 bits per heavy atom. The molecule has 0 spiro atoms. The molecule has 4 rings (SSSR count). The van der Waals surface area contributed by atoms with Gasteiger partial charge >= 0.3 is 0 Å². The van der Waals surface area contributed by atoms with E-state index in [2.05, 4.69) is 48.2 Å². The van der Waals surface area contributed by atoms with Gasteiger partial charge in [0.2, 0.25) is 0 Å². The van der Waals surface area contributed by atoms with E-state index in [0.717, 1.165) is 38.4 Å². The predicted octanol–water partition coefficient (Wildman–Crippen LogP) is 5.13. The summed E-state index contributed by atoms with van der Waals surface area (Å²) < 4.78 is 1.70. The number of rotatable bonds is 1. The molecular weight excluding hydrogens is 452 g/mol. The van der Waals surface area contributed by atoms with E-state index in [1.54, 1.807) is 6.07 Å². The van der Waals surface area contributed by atoms with Gasteiger partial charge in [0, 0.05) is 38.7 Å². The van der Waals surface area contributed by atoms with Gasteiger partial charge in [0.05, 0.1) is 16.6 Å². The van der Waals surface area contributed by atoms with Crippen LogP contribution >= 0.6 is 31.9 Å². The highest BCUT2D eigenvalue weighted by atomic mass is 79.9. The number of nitro benzene ring substituents is 1. The first-order valence-electron chi connectivity index (χ1n) is 7.37. The number of nitro groups is 1. The van der Waals surface area contributed by atoms with Crippen molar-refractivity contribution in [2.45, 2.75) is 6.42 Å². The lowest BCUT2D eigenvalue weighted by Gasteiger charge is -2.01. The summed E-state index contributed by atoms with van der Waals surface area (Å²) in [4.78, 5) is 13.4. The quantitative estimate of drug-likeness (QED) is 0.386. The van der Waals surface area contributed by atoms with Crippen LogP contribution in [0.1, 0.15) is 11.1 Å². The van der Waals surface area contributed by atoms with Crippen molar-refractivity contribution in [2.24, 2.45) is 0 Å². The monoisotopic (exact) mass is 462 g/mol. The Balaban J connectivity index is 0.000000146. The van der Waals surface area contributed by atoms with Gasteiger partial charge < -0.3 is 10.3 Å². The molecule has 2 aromatic carbocycles. The fourth-order valence-electron chi connectivity index (χ4n) is 2.75. The lowest BCUT2D eigenvalue weighted by molar-refractivity contribution is -0.384. The summed E-state index contributed by atoms with van der Waals surface area (Å²) in [6.07, 6.45) is 2.70. The van der Waals surface area contributed by atoms with Crippen LogP contribution < -0.4 is 5.32 Å². The van der Waals surface area contributed by atoms with Gasteiger partial charge in [0.25, 0.3) is 5.69 Å². The Hall–Kier alpha value is -2.37. The minimum atomic E-state index is -0.359. The minimum Gasteiger partial charge on any atom is -0.379 e. The largest absolute Gasteiger partial charge is 0.379 e. The molecule has 2 heterocycles. The summed E-state index contributed by atoms with van der Waals surface area (Å²) in [5.74, 6) is 0. The van der Waals surface area contributed by atoms with Crippen LogP contribution in [0.4, 0.5) is 11.4 Å². The topological polar surface area (TPSA) is 94.8 Å². The summed E-state index contributed by atoms with van der Waals surface area (Å²) in [6.45, 7) is 0.784. The number of halogens is 2. The lowest BCUT2D eigenvalue weighted by Crippen LogP contribution is -1.96. The standard InChI is InChI=1S/C9H5BrN2.C8H7BrN2O2/c10-7-5-12-8-3-1-2-6(4-11)9(7)8;9-6-3-5-1-2-10-8(5)7(4-6)11(12)13/h1-3,5,12H;3-4,10H,1-2H2. The Labute approximate surface area is 160 Å². The zero-order valence-corrected chi connectivity index (χ0v) is 16.0. The van der Waals surface area contributed by atoms with E-state index >= 15 is 0 Å². The minimum absolute atomic E-state index is 0.155. The predicted molar refractivity (Wildman–Crippen MR) is 104 cm³/mol. The zero-order valence-electron chi connectivity index (χ0n) is 12.8. The van der Waals surface area contributed by atoms with Gasteiger partial charge in [-0.25, -0.2) is 0 Å². The van der Waals surface area contributed by atoms with E-state index in [4.69, 9.17) is 5.26 Å². The number of hydrogen-bond donors (Lipinski definition) is 2. The molecule has 0 fully saturated rings. The molecule has 1 aromatic heterocycles. The number of aromatic amines is 1. The second-order valence-electron chi connectivity index (χ2n) is 5.37. The number of H-pyrrole nitrogens is 1. The molecule has 0 radical (unpaired) electrons. The number of fused-ring (bicyclic) bond motifs is 2. The molecule has 6 nitrogen and oxygen atoms in total. The molecule has 0 amide bonds. The summed E-state index contributed by atoms with van der Waals surface area (Å²) in [6, 6.07) is 11.2. The van der Waals surface area contributed by atoms with Crippen LogP contribution in [0.25, 0.3) is 10.9 Å². The number of nitriles is 1. The smallest absolute Gasteiger partial charge is 0.293 e. The maximum atomic E-state index is 10.7. The number of anilines is 1. The average Bonchev–Trinajstić information content (AvgIpc) is 3.21. The Morgan fingerprint density at radius 1 is 1.28 bits per heavy atom. The van der Waals surface area contributed by atoms with Gasteiger partial charge in [-0.15, -0.1) is 0 Å². The van der Waals surface area contributed by atoms with Crippen molar-refractivity contribution < 1.29 is 4.92 Å².